The number of hydrogen-bond acceptors (Lipinski definition) is 4. The van der Waals surface area contributed by atoms with Gasteiger partial charge in [0, 0.05) is 7.11 Å². The number of carbonyl (C=O) groups is 1. The highest BCUT2D eigenvalue weighted by molar-refractivity contribution is 5.89. The predicted molar refractivity (Wildman–Crippen MR) is 59.3 cm³/mol. The highest BCUT2D eigenvalue weighted by Gasteiger charge is 2.10. The lowest BCUT2D eigenvalue weighted by Gasteiger charge is -2.10. The Balaban J connectivity index is 2.43. The number of esters is 1. The van der Waals surface area contributed by atoms with Crippen molar-refractivity contribution in [1.29, 1.82) is 0 Å². The molecular weight excluding hydrogens is 208 g/mol. The Morgan fingerprint density at radius 2 is 1.94 bits per heavy atom. The number of benzene rings is 1. The fourth-order valence-corrected chi connectivity index (χ4v) is 1.19. The van der Waals surface area contributed by atoms with Gasteiger partial charge in [0.25, 0.3) is 0 Å². The zero-order chi connectivity index (χ0) is 12.0. The molecule has 1 aromatic carbocycles. The second kappa shape index (κ2) is 6.25. The largest absolute Gasteiger partial charge is 0.459 e. The Hall–Kier alpha value is -1.39. The first-order chi connectivity index (χ1) is 7.63. The average Bonchev–Trinajstić information content (AvgIpc) is 2.27. The Bertz CT molecular complexity index is 331. The van der Waals surface area contributed by atoms with E-state index in [9.17, 15) is 9.90 Å². The van der Waals surface area contributed by atoms with E-state index in [0.29, 0.717) is 5.56 Å². The molecule has 16 heavy (non-hydrogen) atoms. The molecule has 4 nitrogen and oxygen atoms in total. The molecule has 0 saturated heterocycles. The van der Waals surface area contributed by atoms with Gasteiger partial charge in [-0.1, -0.05) is 17.7 Å². The number of hydrogen-bond donors (Lipinski definition) is 1. The molecule has 1 rings (SSSR count). The van der Waals surface area contributed by atoms with Gasteiger partial charge in [0.15, 0.2) is 0 Å². The fraction of sp³-hybridized carbons (Fsp3) is 0.417. The van der Waals surface area contributed by atoms with Crippen molar-refractivity contribution in [2.75, 3.05) is 20.3 Å². The predicted octanol–water partition coefficient (Wildman–Crippen LogP) is 1.16. The van der Waals surface area contributed by atoms with Crippen LogP contribution in [0.3, 0.4) is 0 Å². The first-order valence-electron chi connectivity index (χ1n) is 5.04. The Labute approximate surface area is 94.8 Å². The third-order valence-electron chi connectivity index (χ3n) is 2.05. The number of aliphatic hydroxyl groups is 1. The lowest BCUT2D eigenvalue weighted by molar-refractivity contribution is 0.000142. The van der Waals surface area contributed by atoms with Crippen LogP contribution in [0.5, 0.6) is 0 Å². The molecule has 0 amide bonds. The van der Waals surface area contributed by atoms with E-state index in [2.05, 4.69) is 0 Å². The van der Waals surface area contributed by atoms with Gasteiger partial charge in [0.1, 0.15) is 12.7 Å². The smallest absolute Gasteiger partial charge is 0.338 e. The third kappa shape index (κ3) is 4.00. The molecule has 0 radical (unpaired) electrons. The van der Waals surface area contributed by atoms with E-state index in [0.717, 1.165) is 5.56 Å². The van der Waals surface area contributed by atoms with Crippen molar-refractivity contribution in [2.45, 2.75) is 13.0 Å². The van der Waals surface area contributed by atoms with Crippen LogP contribution in [0.15, 0.2) is 24.3 Å². The van der Waals surface area contributed by atoms with E-state index in [1.165, 1.54) is 7.11 Å². The van der Waals surface area contributed by atoms with E-state index in [4.69, 9.17) is 9.47 Å². The third-order valence-corrected chi connectivity index (χ3v) is 2.05. The molecule has 0 aliphatic carbocycles. The number of aryl methyl sites for hydroxylation is 1. The summed E-state index contributed by atoms with van der Waals surface area (Å²) in [6.45, 7) is 2.04. The van der Waals surface area contributed by atoms with Crippen molar-refractivity contribution in [3.63, 3.8) is 0 Å². The summed E-state index contributed by atoms with van der Waals surface area (Å²) in [4.78, 5) is 11.5. The topological polar surface area (TPSA) is 55.8 Å². The Kier molecular flexibility index (Phi) is 4.95. The second-order valence-electron chi connectivity index (χ2n) is 3.57. The molecular formula is C12H16O4. The number of methoxy groups -OCH3 is 1. The van der Waals surface area contributed by atoms with Crippen LogP contribution in [0.1, 0.15) is 15.9 Å². The molecule has 0 bridgehead atoms. The molecule has 88 valence electrons. The minimum Gasteiger partial charge on any atom is -0.459 e. The maximum absolute atomic E-state index is 11.5. The first kappa shape index (κ1) is 12.7. The van der Waals surface area contributed by atoms with Crippen LogP contribution in [0.25, 0.3) is 0 Å². The number of ether oxygens (including phenoxy) is 2. The van der Waals surface area contributed by atoms with Gasteiger partial charge < -0.3 is 14.6 Å². The van der Waals surface area contributed by atoms with Crippen molar-refractivity contribution in [2.24, 2.45) is 0 Å². The van der Waals surface area contributed by atoms with Gasteiger partial charge in [-0.15, -0.1) is 0 Å². The van der Waals surface area contributed by atoms with Gasteiger partial charge in [-0.3, -0.25) is 0 Å². The standard InChI is InChI=1S/C12H16O4/c1-9-3-5-10(6-4-9)12(14)16-8-11(13)7-15-2/h3-6,11,13H,7-8H2,1-2H3. The molecule has 0 aliphatic heterocycles. The summed E-state index contributed by atoms with van der Waals surface area (Å²) >= 11 is 0. The van der Waals surface area contributed by atoms with E-state index >= 15 is 0 Å². The molecule has 0 fully saturated rings. The molecule has 0 saturated carbocycles. The zero-order valence-corrected chi connectivity index (χ0v) is 9.47. The van der Waals surface area contributed by atoms with Crippen LogP contribution in [-0.4, -0.2) is 37.5 Å². The second-order valence-corrected chi connectivity index (χ2v) is 3.57. The molecule has 0 heterocycles. The van der Waals surface area contributed by atoms with Gasteiger partial charge in [-0.05, 0) is 19.1 Å². The number of aliphatic hydroxyl groups excluding tert-OH is 1. The van der Waals surface area contributed by atoms with Crippen molar-refractivity contribution in [3.8, 4) is 0 Å². The van der Waals surface area contributed by atoms with Crippen LogP contribution >= 0.6 is 0 Å². The van der Waals surface area contributed by atoms with E-state index in [1.807, 2.05) is 19.1 Å². The summed E-state index contributed by atoms with van der Waals surface area (Å²) < 4.78 is 9.63. The lowest BCUT2D eigenvalue weighted by Crippen LogP contribution is -2.23. The fourth-order valence-electron chi connectivity index (χ4n) is 1.19. The Morgan fingerprint density at radius 1 is 1.31 bits per heavy atom. The zero-order valence-electron chi connectivity index (χ0n) is 9.47. The Morgan fingerprint density at radius 3 is 2.50 bits per heavy atom. The van der Waals surface area contributed by atoms with Crippen LogP contribution in [0, 0.1) is 6.92 Å². The van der Waals surface area contributed by atoms with Crippen molar-refractivity contribution >= 4 is 5.97 Å². The number of rotatable bonds is 5. The maximum atomic E-state index is 11.5. The highest BCUT2D eigenvalue weighted by atomic mass is 16.5. The normalized spacial score (nSPS) is 12.2. The molecule has 4 heteroatoms. The van der Waals surface area contributed by atoms with Gasteiger partial charge in [-0.25, -0.2) is 4.79 Å². The number of carbonyl (C=O) groups excluding carboxylic acids is 1. The average molecular weight is 224 g/mol. The summed E-state index contributed by atoms with van der Waals surface area (Å²) in [6, 6.07) is 7.06. The quantitative estimate of drug-likeness (QED) is 0.762. The monoisotopic (exact) mass is 224 g/mol. The summed E-state index contributed by atoms with van der Waals surface area (Å²) in [5.41, 5.74) is 1.56. The SMILES string of the molecule is COCC(O)COC(=O)c1ccc(C)cc1. The minimum atomic E-state index is -0.778. The van der Waals surface area contributed by atoms with Gasteiger partial charge in [0.2, 0.25) is 0 Å². The molecule has 1 unspecified atom stereocenters. The molecule has 0 aliphatic rings. The van der Waals surface area contributed by atoms with E-state index in [-0.39, 0.29) is 13.2 Å². The van der Waals surface area contributed by atoms with Gasteiger partial charge >= 0.3 is 5.97 Å². The van der Waals surface area contributed by atoms with E-state index in [1.54, 1.807) is 12.1 Å². The highest BCUT2D eigenvalue weighted by Crippen LogP contribution is 2.05. The molecule has 1 aromatic rings. The van der Waals surface area contributed by atoms with Crippen molar-refractivity contribution in [3.05, 3.63) is 35.4 Å². The molecule has 0 spiro atoms. The summed E-state index contributed by atoms with van der Waals surface area (Å²) in [6.07, 6.45) is -0.778. The summed E-state index contributed by atoms with van der Waals surface area (Å²) in [7, 11) is 1.48. The minimum absolute atomic E-state index is 0.0550. The molecule has 0 aromatic heterocycles. The van der Waals surface area contributed by atoms with Crippen LogP contribution in [-0.2, 0) is 9.47 Å². The van der Waals surface area contributed by atoms with E-state index < -0.39 is 12.1 Å². The van der Waals surface area contributed by atoms with Crippen molar-refractivity contribution < 1.29 is 19.4 Å². The van der Waals surface area contributed by atoms with Crippen LogP contribution in [0.2, 0.25) is 0 Å². The molecule has 1 atom stereocenters. The summed E-state index contributed by atoms with van der Waals surface area (Å²) in [5.74, 6) is -0.435. The van der Waals surface area contributed by atoms with Gasteiger partial charge in [-0.2, -0.15) is 0 Å². The summed E-state index contributed by atoms with van der Waals surface area (Å²) in [5, 5.41) is 9.29. The van der Waals surface area contributed by atoms with Crippen LogP contribution in [0.4, 0.5) is 0 Å². The molecule has 1 N–H and O–H groups in total. The first-order valence-corrected chi connectivity index (χ1v) is 5.04. The van der Waals surface area contributed by atoms with Crippen molar-refractivity contribution in [1.82, 2.24) is 0 Å². The maximum Gasteiger partial charge on any atom is 0.338 e. The lowest BCUT2D eigenvalue weighted by atomic mass is 10.1. The van der Waals surface area contributed by atoms with Crippen LogP contribution < -0.4 is 0 Å². The van der Waals surface area contributed by atoms with Gasteiger partial charge in [0.05, 0.1) is 12.2 Å².